The molecule has 2 aromatic heterocycles. The van der Waals surface area contributed by atoms with E-state index >= 15 is 0 Å². The number of methoxy groups -OCH3 is 1. The zero-order chi connectivity index (χ0) is 28.2. The Morgan fingerprint density at radius 3 is 2.67 bits per heavy atom. The Labute approximate surface area is 240 Å². The van der Waals surface area contributed by atoms with Crippen LogP contribution in [0.1, 0.15) is 24.5 Å². The third-order valence-corrected chi connectivity index (χ3v) is 8.17. The number of fused-ring (bicyclic) bond motifs is 1. The second-order valence-electron chi connectivity index (χ2n) is 9.91. The normalized spacial score (nSPS) is 15.1. The first kappa shape index (κ1) is 27.7. The van der Waals surface area contributed by atoms with Gasteiger partial charge in [0, 0.05) is 55.0 Å². The van der Waals surface area contributed by atoms with E-state index < -0.39 is 0 Å². The number of likely N-dealkylation sites (N-methyl/N-ethyl adjacent to an activating group) is 1. The molecule has 3 heterocycles. The van der Waals surface area contributed by atoms with E-state index in [9.17, 15) is 0 Å². The number of nitrogens with zero attached hydrogens (tertiary/aromatic N) is 6. The lowest BCUT2D eigenvalue weighted by atomic mass is 10.1. The highest BCUT2D eigenvalue weighted by atomic mass is 32.2. The fourth-order valence-corrected chi connectivity index (χ4v) is 5.79. The lowest BCUT2D eigenvalue weighted by molar-refractivity contribution is 0.315. The minimum Gasteiger partial charge on any atom is -0.494 e. The van der Waals surface area contributed by atoms with E-state index in [2.05, 4.69) is 75.1 Å². The molecule has 1 atom stereocenters. The van der Waals surface area contributed by atoms with Crippen molar-refractivity contribution in [3.05, 3.63) is 60.6 Å². The van der Waals surface area contributed by atoms with Crippen LogP contribution in [0.4, 0.5) is 28.8 Å². The van der Waals surface area contributed by atoms with Crippen LogP contribution in [-0.2, 0) is 6.42 Å². The van der Waals surface area contributed by atoms with Gasteiger partial charge in [-0.25, -0.2) is 4.98 Å². The maximum Gasteiger partial charge on any atom is 0.229 e. The first-order chi connectivity index (χ1) is 19.4. The number of aryl methyl sites for hydroxylation is 1. The zero-order valence-corrected chi connectivity index (χ0v) is 24.5. The minimum atomic E-state index is 0.460. The average Bonchev–Trinajstić information content (AvgIpc) is 3.48. The molecule has 1 aliphatic rings. The van der Waals surface area contributed by atoms with Crippen molar-refractivity contribution in [2.75, 3.05) is 56.1 Å². The Kier molecular flexibility index (Phi) is 8.37. The van der Waals surface area contributed by atoms with Crippen LogP contribution in [0.5, 0.6) is 5.75 Å². The number of hydrogen-bond donors (Lipinski definition) is 2. The molecule has 1 fully saturated rings. The Hall–Kier alpha value is -3.89. The van der Waals surface area contributed by atoms with E-state index in [1.54, 1.807) is 43.5 Å². The van der Waals surface area contributed by atoms with Gasteiger partial charge in [-0.2, -0.15) is 4.98 Å². The van der Waals surface area contributed by atoms with Gasteiger partial charge in [0.05, 0.1) is 28.9 Å². The summed E-state index contributed by atoms with van der Waals surface area (Å²) in [6.07, 6.45) is 11.0. The van der Waals surface area contributed by atoms with Gasteiger partial charge in [0.25, 0.3) is 0 Å². The summed E-state index contributed by atoms with van der Waals surface area (Å²) in [5.41, 5.74) is 6.69. The van der Waals surface area contributed by atoms with Crippen LogP contribution in [0, 0.1) is 0 Å². The molecule has 9 nitrogen and oxygen atoms in total. The molecule has 4 aromatic rings. The Bertz CT molecular complexity index is 1530. The molecule has 1 saturated heterocycles. The lowest BCUT2D eigenvalue weighted by Crippen LogP contribution is -2.31. The maximum atomic E-state index is 5.83. The second-order valence-corrected chi connectivity index (χ2v) is 10.7. The standard InChI is InChI=1S/C30H36N8OS/c1-7-19-15-24(26(39-5)16-25(19)38-14-11-21(18-38)37(3)4)35-30-33-17-20(8-2)29(36-30)34-23-10-9-22-27(28(23)40-6)32-13-12-31-22/h8-10,12-13,15-17,21H,2,7,11,14,18H2,1,3-6H3,(H2,33,34,35,36). The third-order valence-electron chi connectivity index (χ3n) is 7.35. The van der Waals surface area contributed by atoms with Crippen molar-refractivity contribution in [2.24, 2.45) is 0 Å². The van der Waals surface area contributed by atoms with Crippen molar-refractivity contribution in [1.82, 2.24) is 24.8 Å². The summed E-state index contributed by atoms with van der Waals surface area (Å²) in [6.45, 7) is 8.18. The fraction of sp³-hybridized carbons (Fsp3) is 0.333. The molecule has 0 radical (unpaired) electrons. The molecule has 0 aliphatic carbocycles. The van der Waals surface area contributed by atoms with E-state index in [0.29, 0.717) is 17.8 Å². The van der Waals surface area contributed by atoms with Gasteiger partial charge in [-0.05, 0) is 57.0 Å². The predicted octanol–water partition coefficient (Wildman–Crippen LogP) is 5.98. The van der Waals surface area contributed by atoms with Gasteiger partial charge in [-0.3, -0.25) is 9.97 Å². The topological polar surface area (TPSA) is 91.3 Å². The Morgan fingerprint density at radius 1 is 1.15 bits per heavy atom. The van der Waals surface area contributed by atoms with Crippen molar-refractivity contribution in [1.29, 1.82) is 0 Å². The molecule has 2 aromatic carbocycles. The van der Waals surface area contributed by atoms with Crippen LogP contribution in [0.2, 0.25) is 0 Å². The van der Waals surface area contributed by atoms with Crippen molar-refractivity contribution in [3.8, 4) is 5.75 Å². The number of rotatable bonds is 10. The number of benzene rings is 2. The maximum absolute atomic E-state index is 5.83. The monoisotopic (exact) mass is 556 g/mol. The van der Waals surface area contributed by atoms with Crippen LogP contribution in [0.3, 0.4) is 0 Å². The smallest absolute Gasteiger partial charge is 0.229 e. The molecule has 0 spiro atoms. The molecule has 10 heteroatoms. The molecule has 1 aliphatic heterocycles. The molecule has 0 amide bonds. The molecule has 2 N–H and O–H groups in total. The highest BCUT2D eigenvalue weighted by Gasteiger charge is 2.26. The van der Waals surface area contributed by atoms with Crippen molar-refractivity contribution >= 4 is 57.7 Å². The van der Waals surface area contributed by atoms with Gasteiger partial charge in [-0.1, -0.05) is 19.6 Å². The van der Waals surface area contributed by atoms with E-state index in [1.807, 2.05) is 18.4 Å². The largest absolute Gasteiger partial charge is 0.494 e. The van der Waals surface area contributed by atoms with Gasteiger partial charge in [0.15, 0.2) is 0 Å². The molecule has 0 saturated carbocycles. The van der Waals surface area contributed by atoms with Gasteiger partial charge in [0.2, 0.25) is 5.95 Å². The molecule has 1 unspecified atom stereocenters. The quantitative estimate of drug-likeness (QED) is 0.227. The Morgan fingerprint density at radius 2 is 1.98 bits per heavy atom. The lowest BCUT2D eigenvalue weighted by Gasteiger charge is -2.25. The van der Waals surface area contributed by atoms with E-state index in [4.69, 9.17) is 9.72 Å². The van der Waals surface area contributed by atoms with Crippen LogP contribution in [0.15, 0.2) is 54.3 Å². The summed E-state index contributed by atoms with van der Waals surface area (Å²) in [7, 11) is 6.00. The highest BCUT2D eigenvalue weighted by molar-refractivity contribution is 7.99. The molecular weight excluding hydrogens is 520 g/mol. The first-order valence-corrected chi connectivity index (χ1v) is 14.6. The summed E-state index contributed by atoms with van der Waals surface area (Å²) in [5, 5.41) is 6.88. The van der Waals surface area contributed by atoms with Gasteiger partial charge in [0.1, 0.15) is 17.1 Å². The van der Waals surface area contributed by atoms with E-state index in [-0.39, 0.29) is 0 Å². The number of nitrogens with one attached hydrogen (secondary N) is 2. The van der Waals surface area contributed by atoms with Gasteiger partial charge in [-0.15, -0.1) is 11.8 Å². The number of hydrogen-bond acceptors (Lipinski definition) is 10. The summed E-state index contributed by atoms with van der Waals surface area (Å²) in [6, 6.07) is 8.80. The molecular formula is C30H36N8OS. The SMILES string of the molecule is C=Cc1cnc(Nc2cc(CC)c(N3CCC(N(C)C)C3)cc2OC)nc1Nc1ccc2nccnc2c1SC. The van der Waals surface area contributed by atoms with E-state index in [0.717, 1.165) is 64.5 Å². The van der Waals surface area contributed by atoms with Crippen LogP contribution in [-0.4, -0.2) is 71.4 Å². The van der Waals surface area contributed by atoms with Crippen LogP contribution in [0.25, 0.3) is 17.1 Å². The Balaban J connectivity index is 1.46. The van der Waals surface area contributed by atoms with Crippen molar-refractivity contribution in [3.63, 3.8) is 0 Å². The summed E-state index contributed by atoms with van der Waals surface area (Å²) >= 11 is 1.61. The van der Waals surface area contributed by atoms with Gasteiger partial charge < -0.3 is 25.2 Å². The summed E-state index contributed by atoms with van der Waals surface area (Å²) in [4.78, 5) is 24.1. The van der Waals surface area contributed by atoms with Crippen molar-refractivity contribution in [2.45, 2.75) is 30.7 Å². The van der Waals surface area contributed by atoms with Crippen LogP contribution < -0.4 is 20.3 Å². The molecule has 0 bridgehead atoms. The number of thioether (sulfide) groups is 1. The predicted molar refractivity (Wildman–Crippen MR) is 167 cm³/mol. The third kappa shape index (κ3) is 5.55. The summed E-state index contributed by atoms with van der Waals surface area (Å²) in [5.74, 6) is 1.86. The zero-order valence-electron chi connectivity index (χ0n) is 23.7. The van der Waals surface area contributed by atoms with Crippen molar-refractivity contribution < 1.29 is 4.74 Å². The number of aromatic nitrogens is 4. The highest BCUT2D eigenvalue weighted by Crippen LogP contribution is 2.38. The molecule has 40 heavy (non-hydrogen) atoms. The van der Waals surface area contributed by atoms with E-state index in [1.165, 1.54) is 11.3 Å². The average molecular weight is 557 g/mol. The minimum absolute atomic E-state index is 0.460. The van der Waals surface area contributed by atoms with Crippen LogP contribution >= 0.6 is 11.8 Å². The van der Waals surface area contributed by atoms with Gasteiger partial charge >= 0.3 is 0 Å². The first-order valence-electron chi connectivity index (χ1n) is 13.4. The molecule has 208 valence electrons. The summed E-state index contributed by atoms with van der Waals surface area (Å²) < 4.78 is 5.83. The number of anilines is 5. The fourth-order valence-electron chi connectivity index (χ4n) is 5.11. The second kappa shape index (κ2) is 12.1. The molecule has 5 rings (SSSR count). The number of ether oxygens (including phenoxy) is 1.